The van der Waals surface area contributed by atoms with Gasteiger partial charge in [-0.05, 0) is 50.4 Å². The molecule has 1 fully saturated rings. The molecule has 1 heterocycles. The van der Waals surface area contributed by atoms with E-state index in [9.17, 15) is 0 Å². The fourth-order valence-corrected chi connectivity index (χ4v) is 3.92. The molecule has 2 rings (SSSR count). The van der Waals surface area contributed by atoms with E-state index in [4.69, 9.17) is 9.47 Å². The van der Waals surface area contributed by atoms with Gasteiger partial charge in [-0.1, -0.05) is 26.0 Å². The lowest BCUT2D eigenvalue weighted by molar-refractivity contribution is 0.0385. The first-order valence-corrected chi connectivity index (χ1v) is 12.1. The largest absolute Gasteiger partial charge is 0.379 e. The average molecular weight is 438 g/mol. The summed E-state index contributed by atoms with van der Waals surface area (Å²) in [6.45, 7) is 15.8. The monoisotopic (exact) mass is 437 g/mol. The van der Waals surface area contributed by atoms with Crippen LogP contribution in [0.15, 0.2) is 24.3 Å². The highest BCUT2D eigenvalue weighted by molar-refractivity contribution is 7.80. The first-order chi connectivity index (χ1) is 14.5. The van der Waals surface area contributed by atoms with Crippen molar-refractivity contribution in [2.75, 3.05) is 71.1 Å². The number of anilines is 1. The molecule has 0 aliphatic carbocycles. The molecule has 172 valence electrons. The van der Waals surface area contributed by atoms with Crippen molar-refractivity contribution in [2.45, 2.75) is 45.5 Å². The van der Waals surface area contributed by atoms with Gasteiger partial charge in [-0.3, -0.25) is 9.80 Å². The summed E-state index contributed by atoms with van der Waals surface area (Å²) in [7, 11) is 2.15. The number of hydrogen-bond donors (Lipinski definition) is 1. The molecule has 1 atom stereocenters. The van der Waals surface area contributed by atoms with Crippen LogP contribution in [0, 0.1) is 5.92 Å². The number of hydrogen-bond acceptors (Lipinski definition) is 6. The highest BCUT2D eigenvalue weighted by atomic mass is 32.1. The fraction of sp³-hybridized carbons (Fsp3) is 0.750. The van der Waals surface area contributed by atoms with E-state index in [1.54, 1.807) is 0 Å². The maximum Gasteiger partial charge on any atom is 0.0701 e. The fourth-order valence-electron chi connectivity index (χ4n) is 3.69. The normalized spacial score (nSPS) is 16.6. The van der Waals surface area contributed by atoms with Crippen LogP contribution in [0.25, 0.3) is 0 Å². The Labute approximate surface area is 190 Å². The molecule has 6 heteroatoms. The van der Waals surface area contributed by atoms with E-state index in [-0.39, 0.29) is 0 Å². The summed E-state index contributed by atoms with van der Waals surface area (Å²) in [6.07, 6.45) is 2.38. The zero-order valence-corrected chi connectivity index (χ0v) is 20.4. The van der Waals surface area contributed by atoms with Crippen LogP contribution in [0.5, 0.6) is 0 Å². The van der Waals surface area contributed by atoms with Crippen molar-refractivity contribution in [1.82, 2.24) is 9.80 Å². The second-order valence-corrected chi connectivity index (χ2v) is 9.57. The second-order valence-electron chi connectivity index (χ2n) is 8.82. The van der Waals surface area contributed by atoms with Gasteiger partial charge in [0.15, 0.2) is 0 Å². The number of thiol groups is 1. The Bertz CT molecular complexity index is 560. The summed E-state index contributed by atoms with van der Waals surface area (Å²) in [5.74, 6) is 0.759. The maximum absolute atomic E-state index is 5.71. The van der Waals surface area contributed by atoms with Gasteiger partial charge >= 0.3 is 0 Å². The third-order valence-corrected chi connectivity index (χ3v) is 5.98. The number of benzene rings is 1. The molecule has 0 saturated carbocycles. The Hall–Kier alpha value is -0.790. The number of likely N-dealkylation sites (N-methyl/N-ethyl adjacent to an activating group) is 1. The first-order valence-electron chi connectivity index (χ1n) is 11.6. The Morgan fingerprint density at radius 2 is 1.57 bits per heavy atom. The summed E-state index contributed by atoms with van der Waals surface area (Å²) in [5.41, 5.74) is 2.67. The predicted octanol–water partition coefficient (Wildman–Crippen LogP) is 3.99. The molecule has 0 radical (unpaired) electrons. The van der Waals surface area contributed by atoms with Gasteiger partial charge in [-0.15, -0.1) is 0 Å². The summed E-state index contributed by atoms with van der Waals surface area (Å²) in [6, 6.07) is 9.03. The molecular formula is C24H43N3O2S. The van der Waals surface area contributed by atoms with E-state index in [0.29, 0.717) is 18.6 Å². The van der Waals surface area contributed by atoms with Crippen molar-refractivity contribution in [3.63, 3.8) is 0 Å². The molecule has 30 heavy (non-hydrogen) atoms. The van der Waals surface area contributed by atoms with Crippen molar-refractivity contribution in [1.29, 1.82) is 0 Å². The molecule has 1 aliphatic heterocycles. The van der Waals surface area contributed by atoms with E-state index in [2.05, 4.69) is 79.4 Å². The Balaban J connectivity index is 1.56. The van der Waals surface area contributed by atoms with Gasteiger partial charge in [-0.25, -0.2) is 0 Å². The van der Waals surface area contributed by atoms with Crippen molar-refractivity contribution in [2.24, 2.45) is 5.92 Å². The minimum Gasteiger partial charge on any atom is -0.379 e. The van der Waals surface area contributed by atoms with Crippen molar-refractivity contribution >= 4 is 18.3 Å². The van der Waals surface area contributed by atoms with Gasteiger partial charge < -0.3 is 14.4 Å². The molecule has 0 aromatic heterocycles. The standard InChI is InChI=1S/C24H43N3O2S/c1-21(2)6-5-16-28-18-19-29-17-15-25(4)20-23-7-9-24(10-8-23)27-13-11-26(12-14-27)22(3)30/h7-10,21-22,30H,5-6,11-20H2,1-4H3/t22-/m0/s1. The lowest BCUT2D eigenvalue weighted by Crippen LogP contribution is -2.48. The molecule has 1 saturated heterocycles. The molecular weight excluding hydrogens is 394 g/mol. The van der Waals surface area contributed by atoms with Crippen molar-refractivity contribution in [3.05, 3.63) is 29.8 Å². The summed E-state index contributed by atoms with van der Waals surface area (Å²) in [5, 5.41) is 0.344. The second kappa shape index (κ2) is 14.3. The average Bonchev–Trinajstić information content (AvgIpc) is 2.73. The maximum atomic E-state index is 5.71. The topological polar surface area (TPSA) is 28.2 Å². The molecule has 1 aliphatic rings. The van der Waals surface area contributed by atoms with Gasteiger partial charge in [-0.2, -0.15) is 12.6 Å². The summed E-state index contributed by atoms with van der Waals surface area (Å²) in [4.78, 5) is 7.20. The summed E-state index contributed by atoms with van der Waals surface area (Å²) < 4.78 is 11.3. The van der Waals surface area contributed by atoms with Crippen LogP contribution in [-0.2, 0) is 16.0 Å². The van der Waals surface area contributed by atoms with Crippen LogP contribution in [-0.4, -0.2) is 81.4 Å². The summed E-state index contributed by atoms with van der Waals surface area (Å²) >= 11 is 4.55. The minimum absolute atomic E-state index is 0.344. The highest BCUT2D eigenvalue weighted by Gasteiger charge is 2.19. The lowest BCUT2D eigenvalue weighted by Gasteiger charge is -2.37. The predicted molar refractivity (Wildman–Crippen MR) is 131 cm³/mol. The Morgan fingerprint density at radius 1 is 0.933 bits per heavy atom. The van der Waals surface area contributed by atoms with Crippen LogP contribution < -0.4 is 4.90 Å². The molecule has 0 spiro atoms. The lowest BCUT2D eigenvalue weighted by atomic mass is 10.1. The number of piperazine rings is 1. The van der Waals surface area contributed by atoms with Crippen LogP contribution in [0.4, 0.5) is 5.69 Å². The number of ether oxygens (including phenoxy) is 2. The van der Waals surface area contributed by atoms with Crippen LogP contribution in [0.2, 0.25) is 0 Å². The van der Waals surface area contributed by atoms with Crippen molar-refractivity contribution in [3.8, 4) is 0 Å². The zero-order valence-electron chi connectivity index (χ0n) is 19.6. The molecule has 1 aromatic carbocycles. The number of rotatable bonds is 14. The van der Waals surface area contributed by atoms with Gasteiger partial charge in [0.25, 0.3) is 0 Å². The minimum atomic E-state index is 0.344. The smallest absolute Gasteiger partial charge is 0.0701 e. The Morgan fingerprint density at radius 3 is 2.17 bits per heavy atom. The highest BCUT2D eigenvalue weighted by Crippen LogP contribution is 2.19. The molecule has 0 unspecified atom stereocenters. The zero-order chi connectivity index (χ0) is 21.8. The quantitative estimate of drug-likeness (QED) is 0.351. The van der Waals surface area contributed by atoms with Crippen LogP contribution >= 0.6 is 12.6 Å². The van der Waals surface area contributed by atoms with Gasteiger partial charge in [0, 0.05) is 51.6 Å². The third-order valence-electron chi connectivity index (χ3n) is 5.66. The van der Waals surface area contributed by atoms with E-state index < -0.39 is 0 Å². The van der Waals surface area contributed by atoms with Crippen molar-refractivity contribution < 1.29 is 9.47 Å². The van der Waals surface area contributed by atoms with Gasteiger partial charge in [0.1, 0.15) is 0 Å². The van der Waals surface area contributed by atoms with Gasteiger partial charge in [0.05, 0.1) is 25.2 Å². The first kappa shape index (κ1) is 25.5. The SMILES string of the molecule is CC(C)CCCOCCOCCN(C)Cc1ccc(N2CCN([C@H](C)S)CC2)cc1. The molecule has 0 N–H and O–H groups in total. The third kappa shape index (κ3) is 10.0. The van der Waals surface area contributed by atoms with Crippen LogP contribution in [0.3, 0.4) is 0 Å². The molecule has 0 amide bonds. The van der Waals surface area contributed by atoms with E-state index in [1.807, 2.05) is 0 Å². The van der Waals surface area contributed by atoms with E-state index in [1.165, 1.54) is 17.7 Å². The Kier molecular flexibility index (Phi) is 12.1. The van der Waals surface area contributed by atoms with Gasteiger partial charge in [0.2, 0.25) is 0 Å². The number of nitrogens with zero attached hydrogens (tertiary/aromatic N) is 3. The van der Waals surface area contributed by atoms with Crippen LogP contribution in [0.1, 0.15) is 39.2 Å². The molecule has 1 aromatic rings. The van der Waals surface area contributed by atoms with E-state index >= 15 is 0 Å². The van der Waals surface area contributed by atoms with E-state index in [0.717, 1.165) is 64.8 Å². The molecule has 5 nitrogen and oxygen atoms in total. The molecule has 0 bridgehead atoms.